The quantitative estimate of drug-likeness (QED) is 0.250. The Kier molecular flexibility index (Phi) is 6.79. The van der Waals surface area contributed by atoms with Crippen molar-refractivity contribution >= 4 is 11.5 Å². The number of hydrogen-bond donors (Lipinski definition) is 2. The molecule has 4 heteroatoms. The van der Waals surface area contributed by atoms with Gasteiger partial charge < -0.3 is 15.1 Å². The van der Waals surface area contributed by atoms with Crippen LogP contribution in [0, 0.1) is 29.1 Å². The molecule has 1 aromatic carbocycles. The third-order valence-corrected chi connectivity index (χ3v) is 11.2. The summed E-state index contributed by atoms with van der Waals surface area (Å²) >= 11 is 0. The van der Waals surface area contributed by atoms with Gasteiger partial charge in [0.1, 0.15) is 5.60 Å². The van der Waals surface area contributed by atoms with Crippen LogP contribution in [0.25, 0.3) is 0 Å². The Morgan fingerprint density at radius 2 is 1.82 bits per heavy atom. The first-order valence-corrected chi connectivity index (χ1v) is 15.1. The van der Waals surface area contributed by atoms with Crippen molar-refractivity contribution < 1.29 is 15.0 Å². The van der Waals surface area contributed by atoms with Gasteiger partial charge in [0, 0.05) is 42.1 Å². The van der Waals surface area contributed by atoms with Crippen LogP contribution in [0.2, 0.25) is 0 Å². The van der Waals surface area contributed by atoms with E-state index in [0.717, 1.165) is 43.9 Å². The predicted molar refractivity (Wildman–Crippen MR) is 156 cm³/mol. The second kappa shape index (κ2) is 10.0. The van der Waals surface area contributed by atoms with E-state index in [1.54, 1.807) is 6.08 Å². The van der Waals surface area contributed by atoms with E-state index < -0.39 is 5.60 Å². The van der Waals surface area contributed by atoms with E-state index >= 15 is 0 Å². The van der Waals surface area contributed by atoms with E-state index in [1.165, 1.54) is 54.5 Å². The first-order chi connectivity index (χ1) is 18.8. The van der Waals surface area contributed by atoms with Crippen LogP contribution in [0.3, 0.4) is 0 Å². The summed E-state index contributed by atoms with van der Waals surface area (Å²) in [6, 6.07) is 9.80. The van der Waals surface area contributed by atoms with Gasteiger partial charge in [-0.1, -0.05) is 49.8 Å². The predicted octanol–water partition coefficient (Wildman–Crippen LogP) is 7.16. The number of hydrogen-bond acceptors (Lipinski definition) is 4. The fraction of sp³-hybridized carbons (Fsp3) is 0.571. The number of rotatable bonds is 3. The minimum atomic E-state index is -0.975. The van der Waals surface area contributed by atoms with E-state index in [1.807, 2.05) is 6.92 Å². The number of aliphatic hydroxyl groups is 2. The number of aliphatic hydroxyl groups excluding tert-OH is 1. The zero-order chi connectivity index (χ0) is 27.4. The second-order valence-electron chi connectivity index (χ2n) is 13.0. The molecule has 0 spiro atoms. The zero-order valence-electron chi connectivity index (χ0n) is 23.8. The summed E-state index contributed by atoms with van der Waals surface area (Å²) in [5.74, 6) is 7.11. The van der Waals surface area contributed by atoms with Crippen LogP contribution in [-0.4, -0.2) is 34.7 Å². The Hall–Kier alpha value is -2.77. The van der Waals surface area contributed by atoms with E-state index in [0.29, 0.717) is 29.9 Å². The summed E-state index contributed by atoms with van der Waals surface area (Å²) in [6.07, 6.45) is 14.2. The van der Waals surface area contributed by atoms with Crippen molar-refractivity contribution in [3.63, 3.8) is 0 Å². The molecule has 5 aliphatic rings. The maximum atomic E-state index is 12.6. The van der Waals surface area contributed by atoms with Gasteiger partial charge in [-0.05, 0) is 98.6 Å². The highest BCUT2D eigenvalue weighted by atomic mass is 16.3. The average Bonchev–Trinajstić information content (AvgIpc) is 3.22. The number of ketones is 1. The van der Waals surface area contributed by atoms with Gasteiger partial charge in [0.05, 0.1) is 6.26 Å². The topological polar surface area (TPSA) is 60.8 Å². The molecule has 5 aliphatic carbocycles. The van der Waals surface area contributed by atoms with Crippen molar-refractivity contribution in [1.29, 1.82) is 0 Å². The number of carbonyl (C=O) groups is 1. The number of fused-ring (bicyclic) bond motifs is 4. The van der Waals surface area contributed by atoms with Crippen LogP contribution < -0.4 is 4.90 Å². The SMILES string of the molecule is CC#CC1(O)CCC2C3CCC4=CC(=O)/C(=C/O)CC4=C3C(c3ccc(N(C)C4CCCCC4)cc3)CC21C. The Balaban J connectivity index is 1.44. The van der Waals surface area contributed by atoms with Crippen molar-refractivity contribution in [1.82, 2.24) is 0 Å². The molecule has 0 heterocycles. The molecule has 0 saturated heterocycles. The fourth-order valence-corrected chi connectivity index (χ4v) is 9.03. The highest BCUT2D eigenvalue weighted by molar-refractivity contribution is 6.06. The van der Waals surface area contributed by atoms with Gasteiger partial charge in [0.15, 0.2) is 5.78 Å². The van der Waals surface area contributed by atoms with Crippen LogP contribution in [0.1, 0.15) is 96.0 Å². The average molecular weight is 526 g/mol. The van der Waals surface area contributed by atoms with Crippen molar-refractivity contribution in [3.05, 3.63) is 64.5 Å². The Bertz CT molecular complexity index is 1300. The van der Waals surface area contributed by atoms with E-state index in [-0.39, 0.29) is 17.1 Å². The molecule has 0 aromatic heterocycles. The number of carbonyl (C=O) groups excluding carboxylic acids is 1. The van der Waals surface area contributed by atoms with Crippen molar-refractivity contribution in [2.24, 2.45) is 17.3 Å². The normalized spacial score (nSPS) is 35.5. The minimum Gasteiger partial charge on any atom is -0.515 e. The molecule has 4 nitrogen and oxygen atoms in total. The largest absolute Gasteiger partial charge is 0.515 e. The molecule has 0 bridgehead atoms. The molecule has 1 aromatic rings. The van der Waals surface area contributed by atoms with Gasteiger partial charge in [-0.3, -0.25) is 4.79 Å². The smallest absolute Gasteiger partial charge is 0.185 e. The Morgan fingerprint density at radius 1 is 1.08 bits per heavy atom. The van der Waals surface area contributed by atoms with Crippen LogP contribution in [0.15, 0.2) is 58.9 Å². The Morgan fingerprint density at radius 3 is 2.51 bits per heavy atom. The molecule has 0 amide bonds. The zero-order valence-corrected chi connectivity index (χ0v) is 23.8. The first-order valence-electron chi connectivity index (χ1n) is 15.1. The summed E-state index contributed by atoms with van der Waals surface area (Å²) in [7, 11) is 2.24. The van der Waals surface area contributed by atoms with E-state index in [9.17, 15) is 15.0 Å². The van der Waals surface area contributed by atoms with E-state index in [4.69, 9.17) is 0 Å². The number of nitrogens with zero attached hydrogens (tertiary/aromatic N) is 1. The highest BCUT2D eigenvalue weighted by Gasteiger charge is 2.62. The summed E-state index contributed by atoms with van der Waals surface area (Å²) in [5.41, 5.74) is 5.63. The highest BCUT2D eigenvalue weighted by Crippen LogP contribution is 2.66. The van der Waals surface area contributed by atoms with Crippen LogP contribution in [-0.2, 0) is 4.79 Å². The first kappa shape index (κ1) is 26.5. The summed E-state index contributed by atoms with van der Waals surface area (Å²) in [6.45, 7) is 4.12. The molecule has 0 radical (unpaired) electrons. The molecule has 0 aliphatic heterocycles. The molecule has 3 fully saturated rings. The number of anilines is 1. The van der Waals surface area contributed by atoms with Gasteiger partial charge >= 0.3 is 0 Å². The Labute approximate surface area is 233 Å². The number of benzene rings is 1. The molecule has 5 unspecified atom stereocenters. The minimum absolute atomic E-state index is 0.0592. The van der Waals surface area contributed by atoms with E-state index in [2.05, 4.69) is 55.0 Å². The fourth-order valence-electron chi connectivity index (χ4n) is 9.03. The molecule has 2 N–H and O–H groups in total. The molecular weight excluding hydrogens is 482 g/mol. The molecule has 5 atom stereocenters. The summed E-state index contributed by atoms with van der Waals surface area (Å²) in [5, 5.41) is 21.8. The lowest BCUT2D eigenvalue weighted by molar-refractivity contribution is -0.111. The van der Waals surface area contributed by atoms with Gasteiger partial charge in [0.2, 0.25) is 0 Å². The molecule has 3 saturated carbocycles. The number of allylic oxidation sites excluding steroid dienone is 5. The van der Waals surface area contributed by atoms with Crippen molar-refractivity contribution in [3.8, 4) is 11.8 Å². The molecule has 206 valence electrons. The van der Waals surface area contributed by atoms with Gasteiger partial charge in [-0.15, -0.1) is 5.92 Å². The van der Waals surface area contributed by atoms with Crippen molar-refractivity contribution in [2.45, 2.75) is 102 Å². The molecule has 39 heavy (non-hydrogen) atoms. The van der Waals surface area contributed by atoms with Gasteiger partial charge in [-0.25, -0.2) is 0 Å². The molecule has 6 rings (SSSR count). The second-order valence-corrected chi connectivity index (χ2v) is 13.0. The lowest BCUT2D eigenvalue weighted by Gasteiger charge is -2.53. The summed E-state index contributed by atoms with van der Waals surface area (Å²) < 4.78 is 0. The maximum Gasteiger partial charge on any atom is 0.185 e. The third-order valence-electron chi connectivity index (χ3n) is 11.2. The van der Waals surface area contributed by atoms with Crippen LogP contribution in [0.5, 0.6) is 0 Å². The lowest BCUT2D eigenvalue weighted by Crippen LogP contribution is -2.51. The van der Waals surface area contributed by atoms with Crippen molar-refractivity contribution in [2.75, 3.05) is 11.9 Å². The van der Waals surface area contributed by atoms with Gasteiger partial charge in [0.25, 0.3) is 0 Å². The van der Waals surface area contributed by atoms with Gasteiger partial charge in [-0.2, -0.15) is 0 Å². The lowest BCUT2D eigenvalue weighted by atomic mass is 9.51. The third kappa shape index (κ3) is 4.20. The van der Waals surface area contributed by atoms with Crippen LogP contribution >= 0.6 is 0 Å². The molecular formula is C35H43NO3. The summed E-state index contributed by atoms with van der Waals surface area (Å²) in [4.78, 5) is 15.1. The monoisotopic (exact) mass is 525 g/mol. The van der Waals surface area contributed by atoms with Crippen LogP contribution in [0.4, 0.5) is 5.69 Å². The standard InChI is InChI=1S/C35H43NO3/c1-4-17-35(39)18-16-31-28-15-12-24-20-32(38)25(22-37)19-29(24)33(28)30(21-34(31,35)2)23-10-13-27(14-11-23)36(3)26-8-6-5-7-9-26/h10-11,13-14,20,22,26,28,30-31,37,39H,5-9,12,15-16,18-19,21H2,1-3H3/b25-22+. The maximum absolute atomic E-state index is 12.6.